The summed E-state index contributed by atoms with van der Waals surface area (Å²) in [4.78, 5) is 0. The molecular formula is C35H29BO3. The van der Waals surface area contributed by atoms with Crippen molar-refractivity contribution >= 4 is 61.4 Å². The zero-order valence-electron chi connectivity index (χ0n) is 22.5. The third-order valence-electron chi connectivity index (χ3n) is 8.84. The van der Waals surface area contributed by atoms with Crippen molar-refractivity contribution in [3.8, 4) is 0 Å². The minimum absolute atomic E-state index is 0.000845. The summed E-state index contributed by atoms with van der Waals surface area (Å²) >= 11 is 0. The number of furan rings is 1. The van der Waals surface area contributed by atoms with Crippen molar-refractivity contribution in [1.82, 2.24) is 0 Å². The molecule has 4 heteroatoms. The van der Waals surface area contributed by atoms with Gasteiger partial charge in [0, 0.05) is 17.4 Å². The molecule has 3 nitrogen and oxygen atoms in total. The molecule has 5 aromatic carbocycles. The third-order valence-corrected chi connectivity index (χ3v) is 8.84. The van der Waals surface area contributed by atoms with Gasteiger partial charge in [-0.3, -0.25) is 0 Å². The molecule has 1 unspecified atom stereocenters. The molecule has 0 amide bonds. The average Bonchev–Trinajstić information content (AvgIpc) is 3.48. The number of rotatable bonds is 2. The van der Waals surface area contributed by atoms with Crippen LogP contribution in [0.5, 0.6) is 0 Å². The Balaban J connectivity index is 1.36. The molecule has 1 saturated heterocycles. The van der Waals surface area contributed by atoms with Crippen LogP contribution in [0.25, 0.3) is 48.9 Å². The predicted octanol–water partition coefficient (Wildman–Crippen LogP) is 8.18. The van der Waals surface area contributed by atoms with E-state index in [1.54, 1.807) is 0 Å². The van der Waals surface area contributed by atoms with Crippen LogP contribution in [-0.4, -0.2) is 18.8 Å². The van der Waals surface area contributed by atoms with E-state index >= 15 is 0 Å². The van der Waals surface area contributed by atoms with Crippen molar-refractivity contribution in [2.24, 2.45) is 0 Å². The average molecular weight is 508 g/mol. The number of hydrogen-bond donors (Lipinski definition) is 0. The second-order valence-electron chi connectivity index (χ2n) is 11.5. The smallest absolute Gasteiger partial charge is 0.460 e. The maximum absolute atomic E-state index is 6.48. The lowest BCUT2D eigenvalue weighted by Gasteiger charge is -2.21. The molecule has 6 aromatic rings. The fraction of sp³-hybridized carbons (Fsp3) is 0.200. The Morgan fingerprint density at radius 2 is 1.44 bits per heavy atom. The maximum atomic E-state index is 6.48. The van der Waals surface area contributed by atoms with E-state index in [-0.39, 0.29) is 11.7 Å². The lowest BCUT2D eigenvalue weighted by Crippen LogP contribution is -2.35. The van der Waals surface area contributed by atoms with Crippen LogP contribution in [0.3, 0.4) is 0 Å². The van der Waals surface area contributed by atoms with Gasteiger partial charge in [-0.25, -0.2) is 0 Å². The summed E-state index contributed by atoms with van der Waals surface area (Å²) in [6.45, 7) is 6.27. The number of fused-ring (bicyclic) bond motifs is 9. The zero-order chi connectivity index (χ0) is 26.3. The Bertz CT molecular complexity index is 1940. The van der Waals surface area contributed by atoms with Gasteiger partial charge in [-0.15, -0.1) is 0 Å². The molecule has 1 fully saturated rings. The van der Waals surface area contributed by atoms with Gasteiger partial charge in [-0.1, -0.05) is 78.9 Å². The van der Waals surface area contributed by atoms with Gasteiger partial charge in [0.2, 0.25) is 0 Å². The molecule has 0 N–H and O–H groups in total. The minimum atomic E-state index is -0.421. The van der Waals surface area contributed by atoms with Gasteiger partial charge in [0.15, 0.2) is 0 Å². The Labute approximate surface area is 228 Å². The summed E-state index contributed by atoms with van der Waals surface area (Å²) in [6, 6.07) is 30.7. The fourth-order valence-corrected chi connectivity index (χ4v) is 6.55. The lowest BCUT2D eigenvalue weighted by molar-refractivity contribution is 0.0842. The Kier molecular flexibility index (Phi) is 4.92. The van der Waals surface area contributed by atoms with Gasteiger partial charge in [-0.2, -0.15) is 0 Å². The van der Waals surface area contributed by atoms with Crippen LogP contribution in [0.2, 0.25) is 0 Å². The van der Waals surface area contributed by atoms with Crippen molar-refractivity contribution in [3.63, 3.8) is 0 Å². The van der Waals surface area contributed by atoms with Crippen LogP contribution in [0, 0.1) is 0 Å². The summed E-state index contributed by atoms with van der Waals surface area (Å²) in [5, 5.41) is 8.83. The largest absolute Gasteiger partial charge is 0.495 e. The van der Waals surface area contributed by atoms with Crippen LogP contribution in [0.1, 0.15) is 44.1 Å². The molecule has 1 aliphatic heterocycles. The number of allylic oxidation sites excluding steroid dienone is 1. The van der Waals surface area contributed by atoms with Crippen LogP contribution < -0.4 is 5.46 Å². The molecule has 8 rings (SSSR count). The molecule has 0 saturated carbocycles. The van der Waals surface area contributed by atoms with Gasteiger partial charge < -0.3 is 13.7 Å². The van der Waals surface area contributed by atoms with Gasteiger partial charge in [0.05, 0.1) is 11.7 Å². The van der Waals surface area contributed by atoms with E-state index in [0.29, 0.717) is 0 Å². The molecule has 2 heterocycles. The van der Waals surface area contributed by atoms with E-state index in [9.17, 15) is 0 Å². The van der Waals surface area contributed by atoms with Crippen molar-refractivity contribution in [3.05, 3.63) is 108 Å². The van der Waals surface area contributed by atoms with E-state index in [1.165, 1.54) is 49.0 Å². The van der Waals surface area contributed by atoms with Crippen molar-refractivity contribution < 1.29 is 13.7 Å². The van der Waals surface area contributed by atoms with E-state index in [1.807, 2.05) is 6.07 Å². The van der Waals surface area contributed by atoms with Crippen molar-refractivity contribution in [1.29, 1.82) is 0 Å². The molecular weight excluding hydrogens is 479 g/mol. The van der Waals surface area contributed by atoms with Crippen LogP contribution in [0.4, 0.5) is 0 Å². The van der Waals surface area contributed by atoms with Gasteiger partial charge in [0.25, 0.3) is 0 Å². The molecule has 1 aromatic heterocycles. The predicted molar refractivity (Wildman–Crippen MR) is 162 cm³/mol. The molecule has 190 valence electrons. The molecule has 0 radical (unpaired) electrons. The summed E-state index contributed by atoms with van der Waals surface area (Å²) in [7, 11) is -0.421. The Hall–Kier alpha value is -3.86. The highest BCUT2D eigenvalue weighted by atomic mass is 16.7. The molecule has 39 heavy (non-hydrogen) atoms. The highest BCUT2D eigenvalue weighted by Gasteiger charge is 2.45. The van der Waals surface area contributed by atoms with E-state index in [4.69, 9.17) is 13.7 Å². The van der Waals surface area contributed by atoms with Crippen molar-refractivity contribution in [2.45, 2.75) is 45.3 Å². The summed E-state index contributed by atoms with van der Waals surface area (Å²) in [6.07, 6.45) is 4.22. The van der Waals surface area contributed by atoms with Crippen LogP contribution in [-0.2, 0) is 15.7 Å². The minimum Gasteiger partial charge on any atom is -0.460 e. The van der Waals surface area contributed by atoms with Gasteiger partial charge in [0.1, 0.15) is 11.3 Å². The molecule has 0 bridgehead atoms. The second-order valence-corrected chi connectivity index (χ2v) is 11.5. The lowest BCUT2D eigenvalue weighted by atomic mass is 9.74. The zero-order valence-corrected chi connectivity index (χ0v) is 22.5. The summed E-state index contributed by atoms with van der Waals surface area (Å²) < 4.78 is 19.2. The summed E-state index contributed by atoms with van der Waals surface area (Å²) in [5.41, 5.74) is 5.21. The standard InChI is InChI=1S/C35H29BO3/c1-21-35(2,3)39-36(38-21)30-15-9-17-32-34(30)33-23(14-8-16-31(33)37-32)22-18-19-28-26-12-5-4-10-24(26)25-11-6-7-13-27(25)29(28)20-22/h4-7,9-15,17-21H,8,16H2,1-3H3. The first kappa shape index (κ1) is 23.1. The molecule has 1 atom stereocenters. The molecule has 0 spiro atoms. The monoisotopic (exact) mass is 508 g/mol. The van der Waals surface area contributed by atoms with Gasteiger partial charge >= 0.3 is 7.12 Å². The molecule has 2 aliphatic rings. The first-order chi connectivity index (χ1) is 19.0. The fourth-order valence-electron chi connectivity index (χ4n) is 6.55. The van der Waals surface area contributed by atoms with E-state index in [0.717, 1.165) is 35.0 Å². The summed E-state index contributed by atoms with van der Waals surface area (Å²) in [5.74, 6) is 1.05. The Morgan fingerprint density at radius 3 is 2.10 bits per heavy atom. The number of aryl methyl sites for hydroxylation is 1. The highest BCUT2D eigenvalue weighted by molar-refractivity contribution is 6.65. The number of benzene rings is 5. The SMILES string of the molecule is CC1OB(c2cccc3oc4c(c23)C(c2ccc3c5ccccc5c5ccccc5c3c2)=CCC4)OC1(C)C. The van der Waals surface area contributed by atoms with Crippen LogP contribution in [0.15, 0.2) is 95.4 Å². The van der Waals surface area contributed by atoms with E-state index < -0.39 is 7.12 Å². The number of hydrogen-bond acceptors (Lipinski definition) is 3. The second kappa shape index (κ2) is 8.32. The van der Waals surface area contributed by atoms with E-state index in [2.05, 4.69) is 106 Å². The maximum Gasteiger partial charge on any atom is 0.495 e. The first-order valence-corrected chi connectivity index (χ1v) is 13.9. The molecule has 1 aliphatic carbocycles. The van der Waals surface area contributed by atoms with Gasteiger partial charge in [-0.05, 0) is 88.2 Å². The highest BCUT2D eigenvalue weighted by Crippen LogP contribution is 2.42. The quantitative estimate of drug-likeness (QED) is 0.175. The third kappa shape index (κ3) is 3.38. The van der Waals surface area contributed by atoms with Crippen LogP contribution >= 0.6 is 0 Å². The Morgan fingerprint density at radius 1 is 0.769 bits per heavy atom. The normalized spacial score (nSPS) is 18.8. The first-order valence-electron chi connectivity index (χ1n) is 13.9. The van der Waals surface area contributed by atoms with Crippen molar-refractivity contribution in [2.75, 3.05) is 0 Å². The topological polar surface area (TPSA) is 31.6 Å².